The van der Waals surface area contributed by atoms with Crippen LogP contribution in [0.4, 0.5) is 10.1 Å². The summed E-state index contributed by atoms with van der Waals surface area (Å²) in [5.74, 6) is -0.606. The van der Waals surface area contributed by atoms with Crippen LogP contribution in [0.5, 0.6) is 0 Å². The molecule has 0 bridgehead atoms. The Labute approximate surface area is 113 Å². The van der Waals surface area contributed by atoms with Crippen LogP contribution in [0.3, 0.4) is 0 Å². The molecule has 0 amide bonds. The van der Waals surface area contributed by atoms with E-state index in [0.29, 0.717) is 19.8 Å². The molecule has 0 saturated heterocycles. The summed E-state index contributed by atoms with van der Waals surface area (Å²) in [7, 11) is 0. The van der Waals surface area contributed by atoms with Crippen LogP contribution in [0.15, 0.2) is 24.3 Å². The summed E-state index contributed by atoms with van der Waals surface area (Å²) >= 11 is 0. The molecule has 0 saturated carbocycles. The van der Waals surface area contributed by atoms with Crippen molar-refractivity contribution in [3.63, 3.8) is 0 Å². The Kier molecular flexibility index (Phi) is 6.89. The molecule has 0 atom stereocenters. The van der Waals surface area contributed by atoms with Crippen LogP contribution in [0.2, 0.25) is 0 Å². The topological polar surface area (TPSA) is 38.8 Å². The molecule has 0 aromatic heterocycles. The molecule has 1 rings (SSSR count). The number of rotatable bonds is 8. The zero-order chi connectivity index (χ0) is 14.1. The summed E-state index contributed by atoms with van der Waals surface area (Å²) < 4.78 is 22.8. The minimum absolute atomic E-state index is 0.0329. The minimum atomic E-state index is -0.354. The fourth-order valence-corrected chi connectivity index (χ4v) is 1.65. The zero-order valence-electron chi connectivity index (χ0n) is 11.4. The van der Waals surface area contributed by atoms with Crippen molar-refractivity contribution >= 4 is 11.7 Å². The van der Waals surface area contributed by atoms with Crippen molar-refractivity contribution in [1.29, 1.82) is 0 Å². The maximum absolute atomic E-state index is 12.8. The molecule has 0 aliphatic rings. The van der Waals surface area contributed by atoms with Crippen LogP contribution in [-0.4, -0.2) is 38.9 Å². The Bertz CT molecular complexity index is 381. The highest BCUT2D eigenvalue weighted by atomic mass is 19.1. The first-order valence-corrected chi connectivity index (χ1v) is 6.41. The van der Waals surface area contributed by atoms with E-state index in [2.05, 4.69) is 0 Å². The van der Waals surface area contributed by atoms with Crippen molar-refractivity contribution in [2.45, 2.75) is 13.8 Å². The average molecular weight is 269 g/mol. The van der Waals surface area contributed by atoms with E-state index in [1.807, 2.05) is 11.8 Å². The van der Waals surface area contributed by atoms with Gasteiger partial charge < -0.3 is 14.4 Å². The summed E-state index contributed by atoms with van der Waals surface area (Å²) in [4.78, 5) is 13.1. The van der Waals surface area contributed by atoms with E-state index in [1.165, 1.54) is 12.1 Å². The normalized spacial score (nSPS) is 10.3. The van der Waals surface area contributed by atoms with E-state index in [1.54, 1.807) is 19.1 Å². The van der Waals surface area contributed by atoms with Crippen LogP contribution >= 0.6 is 0 Å². The van der Waals surface area contributed by atoms with E-state index in [4.69, 9.17) is 9.47 Å². The Balaban J connectivity index is 2.33. The number of likely N-dealkylation sites (N-methyl/N-ethyl adjacent to an activating group) is 1. The van der Waals surface area contributed by atoms with E-state index in [9.17, 15) is 9.18 Å². The van der Waals surface area contributed by atoms with E-state index < -0.39 is 0 Å². The SMILES string of the molecule is CCOC(=O)COCCN(CC)c1ccc(F)cc1. The van der Waals surface area contributed by atoms with Gasteiger partial charge in [0.05, 0.1) is 13.2 Å². The molecule has 0 heterocycles. The van der Waals surface area contributed by atoms with Crippen LogP contribution in [0.25, 0.3) is 0 Å². The number of hydrogen-bond acceptors (Lipinski definition) is 4. The van der Waals surface area contributed by atoms with Crippen molar-refractivity contribution in [1.82, 2.24) is 0 Å². The maximum atomic E-state index is 12.8. The van der Waals surface area contributed by atoms with Gasteiger partial charge in [0.25, 0.3) is 0 Å². The van der Waals surface area contributed by atoms with Gasteiger partial charge in [-0.1, -0.05) is 0 Å². The summed E-state index contributed by atoms with van der Waals surface area (Å²) in [6.07, 6.45) is 0. The molecule has 0 aliphatic carbocycles. The van der Waals surface area contributed by atoms with Gasteiger partial charge in [0.2, 0.25) is 0 Å². The molecule has 0 radical (unpaired) electrons. The molecule has 0 spiro atoms. The van der Waals surface area contributed by atoms with Crippen LogP contribution in [0.1, 0.15) is 13.8 Å². The predicted molar refractivity (Wildman–Crippen MR) is 71.7 cm³/mol. The van der Waals surface area contributed by atoms with E-state index in [-0.39, 0.29) is 18.4 Å². The van der Waals surface area contributed by atoms with Gasteiger partial charge in [-0.15, -0.1) is 0 Å². The number of esters is 1. The number of nitrogens with zero attached hydrogens (tertiary/aromatic N) is 1. The number of ether oxygens (including phenoxy) is 2. The smallest absolute Gasteiger partial charge is 0.332 e. The number of anilines is 1. The van der Waals surface area contributed by atoms with Crippen molar-refractivity contribution in [2.75, 3.05) is 37.8 Å². The van der Waals surface area contributed by atoms with E-state index >= 15 is 0 Å². The largest absolute Gasteiger partial charge is 0.464 e. The van der Waals surface area contributed by atoms with Crippen molar-refractivity contribution in [3.8, 4) is 0 Å². The number of carbonyl (C=O) groups is 1. The van der Waals surface area contributed by atoms with Crippen molar-refractivity contribution in [3.05, 3.63) is 30.1 Å². The minimum Gasteiger partial charge on any atom is -0.464 e. The number of benzene rings is 1. The molecular weight excluding hydrogens is 249 g/mol. The average Bonchev–Trinajstić information content (AvgIpc) is 2.41. The third kappa shape index (κ3) is 5.70. The lowest BCUT2D eigenvalue weighted by Crippen LogP contribution is -2.28. The molecule has 4 nitrogen and oxygen atoms in total. The molecule has 0 unspecified atom stereocenters. The molecule has 1 aromatic carbocycles. The summed E-state index contributed by atoms with van der Waals surface area (Å²) in [5.41, 5.74) is 0.934. The quantitative estimate of drug-likeness (QED) is 0.536. The van der Waals surface area contributed by atoms with Crippen LogP contribution in [0, 0.1) is 5.82 Å². The molecule has 0 N–H and O–H groups in total. The van der Waals surface area contributed by atoms with Gasteiger partial charge in [-0.3, -0.25) is 0 Å². The lowest BCUT2D eigenvalue weighted by molar-refractivity contribution is -0.148. The summed E-state index contributed by atoms with van der Waals surface area (Å²) in [6, 6.07) is 6.31. The van der Waals surface area contributed by atoms with Gasteiger partial charge >= 0.3 is 5.97 Å². The maximum Gasteiger partial charge on any atom is 0.332 e. The Morgan fingerprint density at radius 1 is 1.26 bits per heavy atom. The molecule has 106 valence electrons. The van der Waals surface area contributed by atoms with Gasteiger partial charge in [-0.25, -0.2) is 9.18 Å². The lowest BCUT2D eigenvalue weighted by Gasteiger charge is -2.22. The third-order valence-electron chi connectivity index (χ3n) is 2.60. The Hall–Kier alpha value is -1.62. The van der Waals surface area contributed by atoms with Crippen molar-refractivity contribution in [2.24, 2.45) is 0 Å². The van der Waals surface area contributed by atoms with E-state index in [0.717, 1.165) is 12.2 Å². The van der Waals surface area contributed by atoms with Gasteiger partial charge in [0, 0.05) is 18.8 Å². The number of hydrogen-bond donors (Lipinski definition) is 0. The second-order valence-electron chi connectivity index (χ2n) is 3.91. The second-order valence-corrected chi connectivity index (χ2v) is 3.91. The first kappa shape index (κ1) is 15.4. The van der Waals surface area contributed by atoms with Gasteiger partial charge in [-0.05, 0) is 38.1 Å². The van der Waals surface area contributed by atoms with Gasteiger partial charge in [-0.2, -0.15) is 0 Å². The van der Waals surface area contributed by atoms with Gasteiger partial charge in [0.1, 0.15) is 12.4 Å². The third-order valence-corrected chi connectivity index (χ3v) is 2.60. The summed E-state index contributed by atoms with van der Waals surface area (Å²) in [6.45, 7) is 5.94. The highest BCUT2D eigenvalue weighted by Gasteiger charge is 2.06. The molecule has 1 aromatic rings. The van der Waals surface area contributed by atoms with Gasteiger partial charge in [0.15, 0.2) is 0 Å². The van der Waals surface area contributed by atoms with Crippen molar-refractivity contribution < 1.29 is 18.7 Å². The molecule has 19 heavy (non-hydrogen) atoms. The van der Waals surface area contributed by atoms with Crippen LogP contribution < -0.4 is 4.90 Å². The van der Waals surface area contributed by atoms with Crippen LogP contribution in [-0.2, 0) is 14.3 Å². The predicted octanol–water partition coefficient (Wildman–Crippen LogP) is 2.23. The fourth-order valence-electron chi connectivity index (χ4n) is 1.65. The standard InChI is InChI=1S/C14H20FNO3/c1-3-16(13-7-5-12(15)6-8-13)9-10-18-11-14(17)19-4-2/h5-8H,3-4,9-11H2,1-2H3. The zero-order valence-corrected chi connectivity index (χ0v) is 11.4. The summed E-state index contributed by atoms with van der Waals surface area (Å²) in [5, 5.41) is 0. The second kappa shape index (κ2) is 8.48. The molecule has 0 aliphatic heterocycles. The molecule has 0 fully saturated rings. The first-order chi connectivity index (χ1) is 9.17. The Morgan fingerprint density at radius 2 is 1.95 bits per heavy atom. The lowest BCUT2D eigenvalue weighted by atomic mass is 10.3. The fraction of sp³-hybridized carbons (Fsp3) is 0.500. The first-order valence-electron chi connectivity index (χ1n) is 6.41. The molecular formula is C14H20FNO3. The monoisotopic (exact) mass is 269 g/mol. The number of carbonyl (C=O) groups excluding carboxylic acids is 1. The highest BCUT2D eigenvalue weighted by molar-refractivity contribution is 5.70. The Morgan fingerprint density at radius 3 is 2.53 bits per heavy atom. The number of halogens is 1. The molecule has 5 heteroatoms. The highest BCUT2D eigenvalue weighted by Crippen LogP contribution is 2.14.